The molecule has 1 unspecified atom stereocenters. The summed E-state index contributed by atoms with van der Waals surface area (Å²) in [6.07, 6.45) is 1.78. The average Bonchev–Trinajstić information content (AvgIpc) is 3.05. The van der Waals surface area contributed by atoms with Gasteiger partial charge in [0.2, 0.25) is 0 Å². The van der Waals surface area contributed by atoms with Crippen LogP contribution in [0.2, 0.25) is 0 Å². The summed E-state index contributed by atoms with van der Waals surface area (Å²) in [6, 6.07) is 9.79. The molecule has 0 spiro atoms. The molecule has 0 amide bonds. The van der Waals surface area contributed by atoms with Crippen LogP contribution in [0.1, 0.15) is 6.42 Å². The second kappa shape index (κ2) is 20.3. The molecule has 3 rings (SSSR count). The van der Waals surface area contributed by atoms with Crippen LogP contribution in [-0.4, -0.2) is 90.9 Å². The Morgan fingerprint density at radius 2 is 1.31 bits per heavy atom. The van der Waals surface area contributed by atoms with E-state index in [9.17, 15) is 18.8 Å². The highest BCUT2D eigenvalue weighted by molar-refractivity contribution is 7.24. The van der Waals surface area contributed by atoms with E-state index < -0.39 is 24.0 Å². The van der Waals surface area contributed by atoms with E-state index in [-0.39, 0.29) is 70.3 Å². The van der Waals surface area contributed by atoms with Crippen LogP contribution in [0, 0.1) is 5.82 Å². The van der Waals surface area contributed by atoms with Crippen LogP contribution in [0.3, 0.4) is 0 Å². The zero-order chi connectivity index (χ0) is 32.3. The molecule has 1 atom stereocenters. The lowest BCUT2D eigenvalue weighted by Gasteiger charge is -2.19. The molecule has 244 valence electrons. The Bertz CT molecular complexity index is 1460. The van der Waals surface area contributed by atoms with Crippen molar-refractivity contribution in [1.29, 1.82) is 0 Å². The van der Waals surface area contributed by atoms with Gasteiger partial charge < -0.3 is 37.9 Å². The molecule has 0 N–H and O–H groups in total. The maximum Gasteiger partial charge on any atom is 0.330 e. The van der Waals surface area contributed by atoms with Crippen LogP contribution in [-0.2, 0) is 42.7 Å². The van der Waals surface area contributed by atoms with Crippen molar-refractivity contribution in [3.8, 4) is 5.75 Å². The molecule has 0 saturated carbocycles. The normalized spacial score (nSPS) is 11.8. The third-order valence-electron chi connectivity index (χ3n) is 5.96. The number of hydrogen-bond acceptors (Lipinski definition) is 12. The quantitative estimate of drug-likeness (QED) is 0.0483. The minimum Gasteiger partial charge on any atom is -0.492 e. The molecule has 0 aliphatic carbocycles. The molecule has 0 bridgehead atoms. The molecule has 0 radical (unpaired) electrons. The van der Waals surface area contributed by atoms with E-state index >= 15 is 0 Å². The first-order valence-corrected chi connectivity index (χ1v) is 15.1. The van der Waals surface area contributed by atoms with Gasteiger partial charge in [-0.15, -0.1) is 11.3 Å². The number of fused-ring (bicyclic) bond motifs is 2. The SMILES string of the molecule is C=CC(=O)OCCOCCOCCOC(CCOc1ccc(F)c2c(=O)c3ccccc3sc12)OCCOCCOC(=O)C=C. The molecule has 0 aliphatic heterocycles. The highest BCUT2D eigenvalue weighted by Crippen LogP contribution is 2.33. The molecular weight excluding hydrogens is 611 g/mol. The van der Waals surface area contributed by atoms with E-state index in [2.05, 4.69) is 13.2 Å². The maximum atomic E-state index is 14.7. The van der Waals surface area contributed by atoms with Crippen molar-refractivity contribution in [2.45, 2.75) is 12.7 Å². The van der Waals surface area contributed by atoms with Crippen LogP contribution in [0.5, 0.6) is 5.75 Å². The van der Waals surface area contributed by atoms with Gasteiger partial charge in [-0.05, 0) is 24.3 Å². The zero-order valence-corrected chi connectivity index (χ0v) is 25.7. The maximum absolute atomic E-state index is 14.7. The lowest BCUT2D eigenvalue weighted by atomic mass is 10.1. The standard InChI is InChI=1S/C32H37FO11S/c1-3-27(34)41-19-15-37-13-14-38-17-21-43-29(44-22-18-39-16-20-42-28(35)4-2)11-12-40-25-10-9-24(33)30-31(36)23-7-5-6-8-26(23)45-32(25)30/h3-10,29H,1-2,11-22H2. The van der Waals surface area contributed by atoms with Gasteiger partial charge in [0.05, 0.1) is 69.5 Å². The van der Waals surface area contributed by atoms with Gasteiger partial charge in [-0.1, -0.05) is 25.3 Å². The van der Waals surface area contributed by atoms with Crippen molar-refractivity contribution in [2.24, 2.45) is 0 Å². The summed E-state index contributed by atoms with van der Waals surface area (Å²) in [5.41, 5.74) is -0.382. The summed E-state index contributed by atoms with van der Waals surface area (Å²) in [4.78, 5) is 35.1. The Morgan fingerprint density at radius 3 is 1.91 bits per heavy atom. The fourth-order valence-corrected chi connectivity index (χ4v) is 5.01. The van der Waals surface area contributed by atoms with Gasteiger partial charge in [0.15, 0.2) is 11.7 Å². The number of benzene rings is 2. The molecule has 45 heavy (non-hydrogen) atoms. The number of carbonyl (C=O) groups excluding carboxylic acids is 2. The number of esters is 2. The largest absolute Gasteiger partial charge is 0.492 e. The lowest BCUT2D eigenvalue weighted by molar-refractivity contribution is -0.165. The van der Waals surface area contributed by atoms with Gasteiger partial charge in [-0.25, -0.2) is 14.0 Å². The molecule has 0 aliphatic rings. The molecule has 13 heteroatoms. The molecule has 3 aromatic rings. The summed E-state index contributed by atoms with van der Waals surface area (Å²) in [7, 11) is 0. The Labute approximate surface area is 264 Å². The van der Waals surface area contributed by atoms with Crippen molar-refractivity contribution in [3.05, 3.63) is 77.7 Å². The van der Waals surface area contributed by atoms with Crippen LogP contribution < -0.4 is 10.2 Å². The molecule has 1 heterocycles. The van der Waals surface area contributed by atoms with Gasteiger partial charge in [0, 0.05) is 28.7 Å². The minimum atomic E-state index is -0.683. The van der Waals surface area contributed by atoms with E-state index in [1.807, 2.05) is 12.1 Å². The molecule has 1 aromatic heterocycles. The number of hydrogen-bond donors (Lipinski definition) is 0. The fourth-order valence-electron chi connectivity index (χ4n) is 3.86. The topological polar surface area (TPSA) is 125 Å². The highest BCUT2D eigenvalue weighted by Gasteiger charge is 2.16. The van der Waals surface area contributed by atoms with Gasteiger partial charge in [-0.3, -0.25) is 4.79 Å². The third-order valence-corrected chi connectivity index (χ3v) is 7.15. The molecule has 0 fully saturated rings. The van der Waals surface area contributed by atoms with Crippen molar-refractivity contribution >= 4 is 43.4 Å². The van der Waals surface area contributed by atoms with E-state index in [1.54, 1.807) is 12.1 Å². The monoisotopic (exact) mass is 648 g/mol. The summed E-state index contributed by atoms with van der Waals surface area (Å²) in [5, 5.41) is 0.451. The number of halogens is 1. The van der Waals surface area contributed by atoms with E-state index in [0.717, 1.165) is 16.9 Å². The number of ether oxygens (including phenoxy) is 8. The first-order chi connectivity index (χ1) is 21.9. The summed E-state index contributed by atoms with van der Waals surface area (Å²) < 4.78 is 59.4. The summed E-state index contributed by atoms with van der Waals surface area (Å²) in [5.74, 6) is -1.25. The van der Waals surface area contributed by atoms with Gasteiger partial charge in [0.25, 0.3) is 0 Å². The molecular formula is C32H37FO11S. The van der Waals surface area contributed by atoms with Crippen molar-refractivity contribution < 1.29 is 51.9 Å². The van der Waals surface area contributed by atoms with E-state index in [4.69, 9.17) is 37.9 Å². The van der Waals surface area contributed by atoms with Crippen LogP contribution in [0.4, 0.5) is 4.39 Å². The Morgan fingerprint density at radius 1 is 0.756 bits per heavy atom. The first kappa shape index (κ1) is 35.8. The summed E-state index contributed by atoms with van der Waals surface area (Å²) in [6.45, 7) is 8.98. The predicted octanol–water partition coefficient (Wildman–Crippen LogP) is 4.19. The van der Waals surface area contributed by atoms with Crippen molar-refractivity contribution in [3.63, 3.8) is 0 Å². The Balaban J connectivity index is 1.48. The van der Waals surface area contributed by atoms with E-state index in [1.165, 1.54) is 23.5 Å². The first-order valence-electron chi connectivity index (χ1n) is 14.3. The fraction of sp³-hybridized carbons (Fsp3) is 0.406. The predicted molar refractivity (Wildman–Crippen MR) is 166 cm³/mol. The van der Waals surface area contributed by atoms with Crippen LogP contribution >= 0.6 is 11.3 Å². The highest BCUT2D eigenvalue weighted by atomic mass is 32.1. The van der Waals surface area contributed by atoms with Gasteiger partial charge in [-0.2, -0.15) is 0 Å². The van der Waals surface area contributed by atoms with Crippen molar-refractivity contribution in [1.82, 2.24) is 0 Å². The van der Waals surface area contributed by atoms with Crippen LogP contribution in [0.25, 0.3) is 20.2 Å². The van der Waals surface area contributed by atoms with Gasteiger partial charge in [0.1, 0.15) is 24.8 Å². The number of carbonyl (C=O) groups is 2. The van der Waals surface area contributed by atoms with Gasteiger partial charge >= 0.3 is 11.9 Å². The smallest absolute Gasteiger partial charge is 0.330 e. The van der Waals surface area contributed by atoms with Crippen molar-refractivity contribution in [2.75, 3.05) is 72.7 Å². The molecule has 2 aromatic carbocycles. The minimum absolute atomic E-state index is 0.00456. The van der Waals surface area contributed by atoms with E-state index in [0.29, 0.717) is 35.5 Å². The molecule has 11 nitrogen and oxygen atoms in total. The Hall–Kier alpha value is -3.72. The third kappa shape index (κ3) is 12.3. The van der Waals surface area contributed by atoms with Crippen LogP contribution in [0.15, 0.2) is 66.5 Å². The lowest BCUT2D eigenvalue weighted by Crippen LogP contribution is -2.25. The molecule has 0 saturated heterocycles. The second-order valence-electron chi connectivity index (χ2n) is 9.07. The number of rotatable bonds is 23. The summed E-state index contributed by atoms with van der Waals surface area (Å²) >= 11 is 1.29. The second-order valence-corrected chi connectivity index (χ2v) is 10.1. The average molecular weight is 649 g/mol. The zero-order valence-electron chi connectivity index (χ0n) is 24.9. The Kier molecular flexibility index (Phi) is 16.2.